The quantitative estimate of drug-likeness (QED) is 0.443. The normalized spacial score (nSPS) is 16.2. The number of carbonyl (C=O) groups excluding carboxylic acids is 2. The monoisotopic (exact) mass is 517 g/mol. The van der Waals surface area contributed by atoms with Gasteiger partial charge in [0.1, 0.15) is 5.60 Å². The molecule has 1 amide bonds. The molecule has 2 heterocycles. The van der Waals surface area contributed by atoms with Crippen LogP contribution in [0.1, 0.15) is 32.3 Å². The highest BCUT2D eigenvalue weighted by Gasteiger charge is 2.44. The van der Waals surface area contributed by atoms with E-state index >= 15 is 0 Å². The smallest absolute Gasteiger partial charge is 0.417 e. The average Bonchev–Trinajstić information content (AvgIpc) is 3.24. The summed E-state index contributed by atoms with van der Waals surface area (Å²) in [6, 6.07) is 11.0. The van der Waals surface area contributed by atoms with Crippen molar-refractivity contribution in [1.29, 1.82) is 0 Å². The fourth-order valence-electron chi connectivity index (χ4n) is 4.22. The van der Waals surface area contributed by atoms with Gasteiger partial charge in [-0.15, -0.1) is 0 Å². The number of nitrogens with one attached hydrogen (secondary N) is 1. The van der Waals surface area contributed by atoms with E-state index < -0.39 is 41.1 Å². The van der Waals surface area contributed by atoms with Gasteiger partial charge in [-0.3, -0.25) is 14.5 Å². The largest absolute Gasteiger partial charge is 0.456 e. The molecular weight excluding hydrogens is 491 g/mol. The first-order chi connectivity index (χ1) is 17.4. The van der Waals surface area contributed by atoms with Crippen molar-refractivity contribution in [3.8, 4) is 11.3 Å². The van der Waals surface area contributed by atoms with E-state index in [4.69, 9.17) is 15.2 Å². The molecule has 0 bridgehead atoms. The molecule has 2 aromatic carbocycles. The molecule has 1 fully saturated rings. The van der Waals surface area contributed by atoms with Crippen LogP contribution in [0.4, 0.5) is 23.7 Å². The number of benzene rings is 2. The van der Waals surface area contributed by atoms with Gasteiger partial charge in [0.25, 0.3) is 5.56 Å². The molecule has 11 heteroatoms. The number of nitrogens with two attached hydrogens (primary N) is 1. The summed E-state index contributed by atoms with van der Waals surface area (Å²) in [5, 5.41) is 0.590. The molecule has 3 N–H and O–H groups in total. The Balaban J connectivity index is 1.61. The standard InChI is InChI=1S/C26H26F3N3O5/c1-25(2,37-22(33)8-5-11-30)21-14-32(24(35)36-21)16-10-9-15-12-20(31-23(34)18(15)13-16)17-6-3-4-7-19(17)26(27,28)29/h3-4,6-7,9-10,12-13,21H,5,8,11,14,30H2,1-2H3,(H,31,34)/t21-/m0/s1. The highest BCUT2D eigenvalue weighted by atomic mass is 19.4. The van der Waals surface area contributed by atoms with E-state index in [0.717, 1.165) is 6.07 Å². The van der Waals surface area contributed by atoms with E-state index in [9.17, 15) is 27.6 Å². The Kier molecular flexibility index (Phi) is 7.00. The number of nitrogens with zero attached hydrogens (tertiary/aromatic N) is 1. The maximum absolute atomic E-state index is 13.5. The molecular formula is C26H26F3N3O5. The van der Waals surface area contributed by atoms with E-state index in [1.807, 2.05) is 0 Å². The summed E-state index contributed by atoms with van der Waals surface area (Å²) in [7, 11) is 0. The molecule has 196 valence electrons. The summed E-state index contributed by atoms with van der Waals surface area (Å²) in [6.45, 7) is 3.69. The summed E-state index contributed by atoms with van der Waals surface area (Å²) >= 11 is 0. The maximum atomic E-state index is 13.5. The van der Waals surface area contributed by atoms with E-state index in [1.165, 1.54) is 35.2 Å². The fourth-order valence-corrected chi connectivity index (χ4v) is 4.22. The molecule has 1 saturated heterocycles. The van der Waals surface area contributed by atoms with Gasteiger partial charge >= 0.3 is 18.2 Å². The number of aromatic amines is 1. The van der Waals surface area contributed by atoms with Gasteiger partial charge in [-0.1, -0.05) is 24.3 Å². The lowest BCUT2D eigenvalue weighted by Crippen LogP contribution is -2.43. The number of cyclic esters (lactones) is 1. The maximum Gasteiger partial charge on any atom is 0.417 e. The zero-order chi connectivity index (χ0) is 27.0. The number of hydrogen-bond acceptors (Lipinski definition) is 6. The minimum absolute atomic E-state index is 0.0250. The number of carbonyl (C=O) groups is 2. The van der Waals surface area contributed by atoms with E-state index in [-0.39, 0.29) is 29.6 Å². The molecule has 37 heavy (non-hydrogen) atoms. The first-order valence-electron chi connectivity index (χ1n) is 11.6. The number of pyridine rings is 1. The van der Waals surface area contributed by atoms with E-state index in [2.05, 4.69) is 4.98 Å². The number of esters is 1. The van der Waals surface area contributed by atoms with Crippen LogP contribution in [-0.4, -0.2) is 41.8 Å². The molecule has 0 radical (unpaired) electrons. The van der Waals surface area contributed by atoms with Crippen molar-refractivity contribution >= 4 is 28.5 Å². The van der Waals surface area contributed by atoms with Crippen molar-refractivity contribution in [2.45, 2.75) is 44.6 Å². The minimum Gasteiger partial charge on any atom is -0.456 e. The van der Waals surface area contributed by atoms with Gasteiger partial charge in [-0.2, -0.15) is 13.2 Å². The number of amides is 1. The highest BCUT2D eigenvalue weighted by molar-refractivity contribution is 5.95. The number of anilines is 1. The van der Waals surface area contributed by atoms with Crippen LogP contribution in [0.2, 0.25) is 0 Å². The van der Waals surface area contributed by atoms with Gasteiger partial charge in [0.05, 0.1) is 12.1 Å². The van der Waals surface area contributed by atoms with Crippen LogP contribution >= 0.6 is 0 Å². The number of halogens is 3. The Labute approximate surface area is 210 Å². The van der Waals surface area contributed by atoms with Crippen molar-refractivity contribution in [3.05, 3.63) is 64.4 Å². The van der Waals surface area contributed by atoms with E-state index in [1.54, 1.807) is 26.0 Å². The van der Waals surface area contributed by atoms with Crippen LogP contribution in [0.3, 0.4) is 0 Å². The van der Waals surface area contributed by atoms with Crippen LogP contribution in [0.15, 0.2) is 53.3 Å². The molecule has 1 aromatic heterocycles. The predicted octanol–water partition coefficient (Wildman–Crippen LogP) is 4.60. The third-order valence-corrected chi connectivity index (χ3v) is 6.21. The van der Waals surface area contributed by atoms with Gasteiger partial charge in [-0.05, 0) is 56.5 Å². The van der Waals surface area contributed by atoms with Gasteiger partial charge in [0, 0.05) is 28.8 Å². The third kappa shape index (κ3) is 5.46. The summed E-state index contributed by atoms with van der Waals surface area (Å²) < 4.78 is 51.4. The van der Waals surface area contributed by atoms with Crippen molar-refractivity contribution in [1.82, 2.24) is 4.98 Å². The average molecular weight is 518 g/mol. The van der Waals surface area contributed by atoms with Gasteiger partial charge in [-0.25, -0.2) is 4.79 Å². The number of alkyl halides is 3. The molecule has 8 nitrogen and oxygen atoms in total. The Morgan fingerprint density at radius 2 is 1.89 bits per heavy atom. The minimum atomic E-state index is -4.59. The molecule has 0 aliphatic carbocycles. The number of aromatic nitrogens is 1. The lowest BCUT2D eigenvalue weighted by molar-refractivity contribution is -0.165. The number of ether oxygens (including phenoxy) is 2. The first kappa shape index (κ1) is 26.2. The second-order valence-corrected chi connectivity index (χ2v) is 9.28. The molecule has 1 atom stereocenters. The zero-order valence-electron chi connectivity index (χ0n) is 20.2. The first-order valence-corrected chi connectivity index (χ1v) is 11.6. The Morgan fingerprint density at radius 1 is 1.16 bits per heavy atom. The van der Waals surface area contributed by atoms with Crippen LogP contribution in [0, 0.1) is 0 Å². The number of H-pyrrole nitrogens is 1. The topological polar surface area (TPSA) is 115 Å². The lowest BCUT2D eigenvalue weighted by Gasteiger charge is -2.29. The predicted molar refractivity (Wildman–Crippen MR) is 131 cm³/mol. The molecule has 1 aliphatic heterocycles. The van der Waals surface area contributed by atoms with Gasteiger partial charge < -0.3 is 20.2 Å². The Bertz CT molecular complexity index is 1400. The van der Waals surface area contributed by atoms with E-state index in [0.29, 0.717) is 24.0 Å². The fraction of sp³-hybridized carbons (Fsp3) is 0.346. The van der Waals surface area contributed by atoms with Crippen LogP contribution in [0.25, 0.3) is 22.0 Å². The number of fused-ring (bicyclic) bond motifs is 1. The molecule has 0 unspecified atom stereocenters. The van der Waals surface area contributed by atoms with Crippen molar-refractivity contribution < 1.29 is 32.2 Å². The Morgan fingerprint density at radius 3 is 2.59 bits per heavy atom. The van der Waals surface area contributed by atoms with Crippen LogP contribution in [0.5, 0.6) is 0 Å². The van der Waals surface area contributed by atoms with Crippen LogP contribution < -0.4 is 16.2 Å². The summed E-state index contributed by atoms with van der Waals surface area (Å²) in [4.78, 5) is 41.4. The molecule has 4 rings (SSSR count). The lowest BCUT2D eigenvalue weighted by atomic mass is 10.0. The molecule has 1 aliphatic rings. The van der Waals surface area contributed by atoms with Crippen molar-refractivity contribution in [2.24, 2.45) is 5.73 Å². The zero-order valence-corrected chi connectivity index (χ0v) is 20.2. The Hall–Kier alpha value is -3.86. The second-order valence-electron chi connectivity index (χ2n) is 9.28. The van der Waals surface area contributed by atoms with Gasteiger partial charge in [0.15, 0.2) is 6.10 Å². The van der Waals surface area contributed by atoms with Crippen molar-refractivity contribution in [2.75, 3.05) is 18.0 Å². The third-order valence-electron chi connectivity index (χ3n) is 6.21. The summed E-state index contributed by atoms with van der Waals surface area (Å²) in [5.41, 5.74) is 3.09. The van der Waals surface area contributed by atoms with Crippen LogP contribution in [-0.2, 0) is 20.4 Å². The summed E-state index contributed by atoms with van der Waals surface area (Å²) in [6.07, 6.45) is -5.42. The molecule has 0 spiro atoms. The van der Waals surface area contributed by atoms with Gasteiger partial charge in [0.2, 0.25) is 0 Å². The highest BCUT2D eigenvalue weighted by Crippen LogP contribution is 2.37. The summed E-state index contributed by atoms with van der Waals surface area (Å²) in [5.74, 6) is -0.454. The van der Waals surface area contributed by atoms with Crippen molar-refractivity contribution in [3.63, 3.8) is 0 Å². The number of hydrogen-bond donors (Lipinski definition) is 2. The molecule has 3 aromatic rings. The second kappa shape index (κ2) is 9.89. The molecule has 0 saturated carbocycles. The number of rotatable bonds is 7. The SMILES string of the molecule is CC(C)(OC(=O)CCCN)[C@@H]1CN(c2ccc3cc(-c4ccccc4C(F)(F)F)[nH]c(=O)c3c2)C(=O)O1.